The molecular weight excluding hydrogens is 270 g/mol. The predicted octanol–water partition coefficient (Wildman–Crippen LogP) is 0.583. The lowest BCUT2D eigenvalue weighted by Gasteiger charge is -2.33. The van der Waals surface area contributed by atoms with Crippen LogP contribution in [0.5, 0.6) is 0 Å². The zero-order chi connectivity index (χ0) is 15.1. The maximum absolute atomic E-state index is 12.1. The van der Waals surface area contributed by atoms with Crippen molar-refractivity contribution in [2.24, 2.45) is 0 Å². The molecule has 0 saturated carbocycles. The van der Waals surface area contributed by atoms with E-state index >= 15 is 0 Å². The minimum absolute atomic E-state index is 0.0393. The number of rotatable bonds is 5. The molecule has 0 bridgehead atoms. The maximum Gasteiger partial charge on any atom is 0.317 e. The molecule has 1 aliphatic heterocycles. The number of piperidine rings is 1. The van der Waals surface area contributed by atoms with Gasteiger partial charge < -0.3 is 20.1 Å². The number of hydrogen-bond donors (Lipinski definition) is 2. The normalized spacial score (nSPS) is 18.3. The summed E-state index contributed by atoms with van der Waals surface area (Å²) in [7, 11) is 0. The van der Waals surface area contributed by atoms with Crippen LogP contribution in [0.4, 0.5) is 4.79 Å². The fraction of sp³-hybridized carbons (Fsp3) is 0.643. The van der Waals surface area contributed by atoms with Gasteiger partial charge in [0.05, 0.1) is 6.33 Å². The van der Waals surface area contributed by atoms with Crippen molar-refractivity contribution in [1.29, 1.82) is 0 Å². The number of urea groups is 1. The molecule has 1 atom stereocenters. The van der Waals surface area contributed by atoms with E-state index in [0.29, 0.717) is 13.1 Å². The first-order valence-electron chi connectivity index (χ1n) is 7.41. The highest BCUT2D eigenvalue weighted by Gasteiger charge is 2.23. The van der Waals surface area contributed by atoms with Crippen LogP contribution in [0.2, 0.25) is 0 Å². The fourth-order valence-electron chi connectivity index (χ4n) is 2.55. The third-order valence-electron chi connectivity index (χ3n) is 3.54. The van der Waals surface area contributed by atoms with Crippen molar-refractivity contribution in [3.8, 4) is 0 Å². The first-order chi connectivity index (χ1) is 10.1. The lowest BCUT2D eigenvalue weighted by molar-refractivity contribution is -0.119. The van der Waals surface area contributed by atoms with Crippen LogP contribution in [0.3, 0.4) is 0 Å². The molecule has 0 radical (unpaired) electrons. The average Bonchev–Trinajstić information content (AvgIpc) is 2.96. The van der Waals surface area contributed by atoms with Crippen LogP contribution in [-0.4, -0.2) is 52.1 Å². The maximum atomic E-state index is 12.1. The third-order valence-corrected chi connectivity index (χ3v) is 3.54. The molecule has 3 amide bonds. The number of carbonyl (C=O) groups excluding carboxylic acids is 2. The Morgan fingerprint density at radius 3 is 3.00 bits per heavy atom. The van der Waals surface area contributed by atoms with Crippen LogP contribution in [0.25, 0.3) is 0 Å². The van der Waals surface area contributed by atoms with Crippen LogP contribution in [0.1, 0.15) is 26.2 Å². The van der Waals surface area contributed by atoms with E-state index in [1.54, 1.807) is 17.4 Å². The standard InChI is InChI=1S/C14H23N5O2/c1-12(20)17-13-4-2-8-19(10-13)14(21)16-5-3-7-18-9-6-15-11-18/h6,9,11,13H,2-5,7-8,10H2,1H3,(H,16,21)(H,17,20)/t13-/m1/s1. The van der Waals surface area contributed by atoms with Crippen LogP contribution in [-0.2, 0) is 11.3 Å². The monoisotopic (exact) mass is 293 g/mol. The summed E-state index contributed by atoms with van der Waals surface area (Å²) in [4.78, 5) is 28.9. The van der Waals surface area contributed by atoms with Crippen molar-refractivity contribution in [1.82, 2.24) is 25.1 Å². The van der Waals surface area contributed by atoms with Gasteiger partial charge in [-0.3, -0.25) is 4.79 Å². The number of aryl methyl sites for hydroxylation is 1. The number of amides is 3. The van der Waals surface area contributed by atoms with Gasteiger partial charge in [-0.25, -0.2) is 9.78 Å². The highest BCUT2D eigenvalue weighted by atomic mass is 16.2. The summed E-state index contributed by atoms with van der Waals surface area (Å²) < 4.78 is 1.99. The Morgan fingerprint density at radius 2 is 2.29 bits per heavy atom. The first-order valence-corrected chi connectivity index (χ1v) is 7.41. The lowest BCUT2D eigenvalue weighted by Crippen LogP contribution is -2.52. The molecule has 1 aromatic rings. The Balaban J connectivity index is 1.66. The summed E-state index contributed by atoms with van der Waals surface area (Å²) in [5.41, 5.74) is 0. The van der Waals surface area contributed by atoms with Crippen molar-refractivity contribution in [3.05, 3.63) is 18.7 Å². The topological polar surface area (TPSA) is 79.3 Å². The molecule has 21 heavy (non-hydrogen) atoms. The van der Waals surface area contributed by atoms with E-state index in [1.807, 2.05) is 10.8 Å². The largest absolute Gasteiger partial charge is 0.352 e. The number of nitrogens with zero attached hydrogens (tertiary/aromatic N) is 3. The first kappa shape index (κ1) is 15.3. The summed E-state index contributed by atoms with van der Waals surface area (Å²) in [6.07, 6.45) is 8.14. The van der Waals surface area contributed by atoms with Crippen molar-refractivity contribution in [2.45, 2.75) is 38.8 Å². The van der Waals surface area contributed by atoms with Gasteiger partial charge in [0.25, 0.3) is 0 Å². The lowest BCUT2D eigenvalue weighted by atomic mass is 10.1. The van der Waals surface area contributed by atoms with E-state index in [0.717, 1.165) is 32.4 Å². The Bertz CT molecular complexity index is 460. The molecular formula is C14H23N5O2. The molecule has 0 aliphatic carbocycles. The van der Waals surface area contributed by atoms with E-state index in [-0.39, 0.29) is 18.0 Å². The van der Waals surface area contributed by atoms with Gasteiger partial charge in [0, 0.05) is 51.5 Å². The number of likely N-dealkylation sites (tertiary alicyclic amines) is 1. The quantitative estimate of drug-likeness (QED) is 0.780. The minimum Gasteiger partial charge on any atom is -0.352 e. The smallest absolute Gasteiger partial charge is 0.317 e. The van der Waals surface area contributed by atoms with E-state index < -0.39 is 0 Å². The molecule has 2 heterocycles. The number of carbonyl (C=O) groups is 2. The summed E-state index contributed by atoms with van der Waals surface area (Å²) in [5, 5.41) is 5.81. The molecule has 2 N–H and O–H groups in total. The Kier molecular flexibility index (Phi) is 5.59. The number of aromatic nitrogens is 2. The van der Waals surface area contributed by atoms with Crippen LogP contribution in [0.15, 0.2) is 18.7 Å². The van der Waals surface area contributed by atoms with Crippen molar-refractivity contribution in [3.63, 3.8) is 0 Å². The Morgan fingerprint density at radius 1 is 1.43 bits per heavy atom. The molecule has 1 fully saturated rings. The molecule has 1 aromatic heterocycles. The fourth-order valence-corrected chi connectivity index (χ4v) is 2.55. The summed E-state index contributed by atoms with van der Waals surface area (Å²) in [6, 6.07) is 0.0311. The van der Waals surface area contributed by atoms with Crippen molar-refractivity contribution < 1.29 is 9.59 Å². The predicted molar refractivity (Wildman–Crippen MR) is 78.7 cm³/mol. The van der Waals surface area contributed by atoms with Crippen LogP contribution < -0.4 is 10.6 Å². The van der Waals surface area contributed by atoms with E-state index in [2.05, 4.69) is 15.6 Å². The van der Waals surface area contributed by atoms with E-state index in [4.69, 9.17) is 0 Å². The average molecular weight is 293 g/mol. The molecule has 0 unspecified atom stereocenters. The molecule has 1 saturated heterocycles. The molecule has 116 valence electrons. The second-order valence-corrected chi connectivity index (χ2v) is 5.37. The van der Waals surface area contributed by atoms with Crippen molar-refractivity contribution >= 4 is 11.9 Å². The highest BCUT2D eigenvalue weighted by Crippen LogP contribution is 2.10. The van der Waals surface area contributed by atoms with Gasteiger partial charge in [0.15, 0.2) is 0 Å². The van der Waals surface area contributed by atoms with Crippen LogP contribution in [0, 0.1) is 0 Å². The SMILES string of the molecule is CC(=O)N[C@@H]1CCCN(C(=O)NCCCn2ccnc2)C1. The molecule has 1 aliphatic rings. The summed E-state index contributed by atoms with van der Waals surface area (Å²) >= 11 is 0. The number of nitrogens with one attached hydrogen (secondary N) is 2. The van der Waals surface area contributed by atoms with Gasteiger partial charge in [-0.05, 0) is 19.3 Å². The number of hydrogen-bond acceptors (Lipinski definition) is 3. The van der Waals surface area contributed by atoms with Gasteiger partial charge in [0.1, 0.15) is 0 Å². The molecule has 0 aromatic carbocycles. The number of imidazole rings is 1. The molecule has 7 heteroatoms. The molecule has 0 spiro atoms. The van der Waals surface area contributed by atoms with Crippen LogP contribution >= 0.6 is 0 Å². The summed E-state index contributed by atoms with van der Waals surface area (Å²) in [5.74, 6) is -0.0393. The third kappa shape index (κ3) is 5.09. The highest BCUT2D eigenvalue weighted by molar-refractivity contribution is 5.75. The van der Waals surface area contributed by atoms with Gasteiger partial charge in [-0.1, -0.05) is 0 Å². The minimum atomic E-state index is -0.0457. The Hall–Kier alpha value is -2.05. The van der Waals surface area contributed by atoms with Crippen molar-refractivity contribution in [2.75, 3.05) is 19.6 Å². The molecule has 2 rings (SSSR count). The zero-order valence-electron chi connectivity index (χ0n) is 12.4. The van der Waals surface area contributed by atoms with Gasteiger partial charge >= 0.3 is 6.03 Å². The van der Waals surface area contributed by atoms with E-state index in [9.17, 15) is 9.59 Å². The summed E-state index contributed by atoms with van der Waals surface area (Å²) in [6.45, 7) is 4.33. The van der Waals surface area contributed by atoms with Gasteiger partial charge in [-0.15, -0.1) is 0 Å². The second-order valence-electron chi connectivity index (χ2n) is 5.37. The van der Waals surface area contributed by atoms with Gasteiger partial charge in [0.2, 0.25) is 5.91 Å². The zero-order valence-corrected chi connectivity index (χ0v) is 12.4. The van der Waals surface area contributed by atoms with E-state index in [1.165, 1.54) is 6.92 Å². The molecule has 7 nitrogen and oxygen atoms in total. The second kappa shape index (κ2) is 7.66. The van der Waals surface area contributed by atoms with Gasteiger partial charge in [-0.2, -0.15) is 0 Å². The Labute approximate surface area is 124 Å².